The third-order valence-corrected chi connectivity index (χ3v) is 7.28. The number of alkyl halides is 2. The van der Waals surface area contributed by atoms with E-state index in [2.05, 4.69) is 11.1 Å². The molecular formula is C17H11Cl3N2O. The van der Waals surface area contributed by atoms with Crippen molar-refractivity contribution < 1.29 is 5.11 Å². The largest absolute Gasteiger partial charge is 0.509 e. The van der Waals surface area contributed by atoms with E-state index in [0.29, 0.717) is 16.9 Å². The predicted molar refractivity (Wildman–Crippen MR) is 91.8 cm³/mol. The van der Waals surface area contributed by atoms with Crippen LogP contribution >= 0.6 is 34.8 Å². The van der Waals surface area contributed by atoms with Crippen LogP contribution in [0.15, 0.2) is 42.2 Å². The molecule has 1 saturated carbocycles. The lowest BCUT2D eigenvalue weighted by Crippen LogP contribution is -2.51. The summed E-state index contributed by atoms with van der Waals surface area (Å²) < 4.78 is 0. The SMILES string of the molecule is OC1=C(Cl)c2nc3ccccc3nc2C2(Cl)[C@H]3C=C[C@H](C3)C12Cl. The zero-order valence-electron chi connectivity index (χ0n) is 11.8. The molecule has 3 nitrogen and oxygen atoms in total. The molecule has 1 heterocycles. The maximum Gasteiger partial charge on any atom is 0.137 e. The molecule has 4 atom stereocenters. The summed E-state index contributed by atoms with van der Waals surface area (Å²) in [4.78, 5) is 7.11. The third-order valence-electron chi connectivity index (χ3n) is 5.31. The van der Waals surface area contributed by atoms with Crippen molar-refractivity contribution in [2.45, 2.75) is 16.2 Å². The normalized spacial score (nSPS) is 37.3. The van der Waals surface area contributed by atoms with Gasteiger partial charge in [0.05, 0.1) is 16.7 Å². The van der Waals surface area contributed by atoms with E-state index in [1.165, 1.54) is 0 Å². The second kappa shape index (κ2) is 4.21. The van der Waals surface area contributed by atoms with Crippen LogP contribution in [-0.4, -0.2) is 19.9 Å². The average molecular weight is 366 g/mol. The third kappa shape index (κ3) is 1.41. The van der Waals surface area contributed by atoms with Gasteiger partial charge in [0.25, 0.3) is 0 Å². The van der Waals surface area contributed by atoms with E-state index in [-0.39, 0.29) is 22.6 Å². The summed E-state index contributed by atoms with van der Waals surface area (Å²) in [6.45, 7) is 0. The fourth-order valence-corrected chi connectivity index (χ4v) is 5.54. The summed E-state index contributed by atoms with van der Waals surface area (Å²) in [5.74, 6) is -0.167. The van der Waals surface area contributed by atoms with Gasteiger partial charge in [-0.25, -0.2) is 9.97 Å². The standard InChI is InChI=1S/C17H11Cl3N2O/c18-12-13-14(22-11-4-2-1-3-10(11)21-13)16(19)8-5-6-9(7-8)17(16,20)15(12)23/h1-6,8-9,23H,7H2/t8-,9+,16?,17?/m0/s1. The number of nitrogens with zero attached hydrogens (tertiary/aromatic N) is 2. The number of halogens is 3. The molecule has 2 aromatic rings. The molecule has 3 aliphatic rings. The van der Waals surface area contributed by atoms with Crippen LogP contribution in [0.2, 0.25) is 0 Å². The van der Waals surface area contributed by atoms with Crippen molar-refractivity contribution in [2.24, 2.45) is 11.8 Å². The number of aromatic nitrogens is 2. The molecular weight excluding hydrogens is 355 g/mol. The van der Waals surface area contributed by atoms with Gasteiger partial charge in [0.2, 0.25) is 0 Å². The van der Waals surface area contributed by atoms with Gasteiger partial charge < -0.3 is 5.11 Å². The van der Waals surface area contributed by atoms with Crippen molar-refractivity contribution in [1.82, 2.24) is 9.97 Å². The summed E-state index contributed by atoms with van der Waals surface area (Å²) in [5, 5.41) is 10.9. The van der Waals surface area contributed by atoms with Crippen molar-refractivity contribution in [1.29, 1.82) is 0 Å². The minimum absolute atomic E-state index is 0.00667. The molecule has 23 heavy (non-hydrogen) atoms. The van der Waals surface area contributed by atoms with Crippen molar-refractivity contribution in [3.8, 4) is 0 Å². The van der Waals surface area contributed by atoms with E-state index in [0.717, 1.165) is 11.9 Å². The molecule has 6 heteroatoms. The molecule has 1 aromatic heterocycles. The first-order valence-electron chi connectivity index (χ1n) is 7.41. The maximum absolute atomic E-state index is 10.7. The summed E-state index contributed by atoms with van der Waals surface area (Å²) >= 11 is 20.4. The van der Waals surface area contributed by atoms with Gasteiger partial charge in [-0.15, -0.1) is 23.2 Å². The molecule has 1 N–H and O–H groups in total. The number of hydrogen-bond donors (Lipinski definition) is 1. The Labute approximate surface area is 147 Å². The van der Waals surface area contributed by atoms with E-state index >= 15 is 0 Å². The van der Waals surface area contributed by atoms with Crippen LogP contribution in [-0.2, 0) is 4.87 Å². The van der Waals surface area contributed by atoms with Gasteiger partial charge in [0.15, 0.2) is 0 Å². The Kier molecular flexibility index (Phi) is 2.58. The summed E-state index contributed by atoms with van der Waals surface area (Å²) in [6.07, 6.45) is 4.85. The molecule has 2 bridgehead atoms. The zero-order valence-corrected chi connectivity index (χ0v) is 14.1. The number of allylic oxidation sites excluding steroid dienone is 3. The summed E-state index contributed by atoms with van der Waals surface area (Å²) in [7, 11) is 0. The Bertz CT molecular complexity index is 941. The number of para-hydroxylation sites is 2. The highest BCUT2D eigenvalue weighted by Crippen LogP contribution is 2.69. The van der Waals surface area contributed by atoms with Crippen LogP contribution in [0, 0.1) is 11.8 Å². The van der Waals surface area contributed by atoms with Gasteiger partial charge in [0.1, 0.15) is 26.2 Å². The molecule has 2 unspecified atom stereocenters. The van der Waals surface area contributed by atoms with Crippen molar-refractivity contribution >= 4 is 50.9 Å². The fourth-order valence-electron chi connectivity index (χ4n) is 4.20. The van der Waals surface area contributed by atoms with Crippen LogP contribution in [0.3, 0.4) is 0 Å². The van der Waals surface area contributed by atoms with Gasteiger partial charge in [-0.1, -0.05) is 35.9 Å². The first kappa shape index (κ1) is 14.1. The Morgan fingerprint density at radius 3 is 2.30 bits per heavy atom. The molecule has 5 rings (SSSR count). The molecule has 1 aromatic carbocycles. The van der Waals surface area contributed by atoms with Gasteiger partial charge in [-0.2, -0.15) is 0 Å². The van der Waals surface area contributed by atoms with Crippen molar-refractivity contribution in [2.75, 3.05) is 0 Å². The van der Waals surface area contributed by atoms with Crippen LogP contribution in [0.4, 0.5) is 0 Å². The molecule has 0 saturated heterocycles. The van der Waals surface area contributed by atoms with Crippen molar-refractivity contribution in [3.05, 3.63) is 53.6 Å². The Balaban J connectivity index is 1.93. The van der Waals surface area contributed by atoms with Gasteiger partial charge >= 0.3 is 0 Å². The average Bonchev–Trinajstić information content (AvgIpc) is 3.14. The monoisotopic (exact) mass is 364 g/mol. The zero-order chi connectivity index (χ0) is 16.0. The second-order valence-electron chi connectivity index (χ2n) is 6.33. The molecule has 116 valence electrons. The van der Waals surface area contributed by atoms with Crippen LogP contribution in [0.5, 0.6) is 0 Å². The van der Waals surface area contributed by atoms with E-state index in [9.17, 15) is 5.11 Å². The summed E-state index contributed by atoms with van der Waals surface area (Å²) in [5.41, 5.74) is 2.43. The Morgan fingerprint density at radius 1 is 1.00 bits per heavy atom. The summed E-state index contributed by atoms with van der Waals surface area (Å²) in [6, 6.07) is 7.52. The fraction of sp³-hybridized carbons (Fsp3) is 0.294. The van der Waals surface area contributed by atoms with Gasteiger partial charge in [-0.05, 0) is 18.6 Å². The van der Waals surface area contributed by atoms with Crippen LogP contribution in [0.1, 0.15) is 17.8 Å². The number of hydrogen-bond acceptors (Lipinski definition) is 3. The highest BCUT2D eigenvalue weighted by atomic mass is 35.5. The number of benzene rings is 1. The minimum Gasteiger partial charge on any atom is -0.509 e. The molecule has 3 aliphatic carbocycles. The Hall–Kier alpha value is -1.29. The van der Waals surface area contributed by atoms with E-state index < -0.39 is 9.75 Å². The number of rotatable bonds is 0. The number of aliphatic hydroxyl groups is 1. The molecule has 0 amide bonds. The van der Waals surface area contributed by atoms with Crippen molar-refractivity contribution in [3.63, 3.8) is 0 Å². The van der Waals surface area contributed by atoms with E-state index in [1.807, 2.05) is 30.3 Å². The lowest BCUT2D eigenvalue weighted by Gasteiger charge is -2.45. The smallest absolute Gasteiger partial charge is 0.137 e. The van der Waals surface area contributed by atoms with Gasteiger partial charge in [-0.3, -0.25) is 0 Å². The van der Waals surface area contributed by atoms with Gasteiger partial charge in [0, 0.05) is 11.8 Å². The number of fused-ring (bicyclic) bond motifs is 8. The van der Waals surface area contributed by atoms with Crippen LogP contribution in [0.25, 0.3) is 16.1 Å². The van der Waals surface area contributed by atoms with Crippen LogP contribution < -0.4 is 0 Å². The molecule has 0 spiro atoms. The molecule has 0 aliphatic heterocycles. The van der Waals surface area contributed by atoms with E-state index in [1.54, 1.807) is 0 Å². The minimum atomic E-state index is -1.17. The quantitative estimate of drug-likeness (QED) is 0.542. The number of aliphatic hydroxyl groups excluding tert-OH is 1. The predicted octanol–water partition coefficient (Wildman–Crippen LogP) is 4.73. The second-order valence-corrected chi connectivity index (χ2v) is 7.90. The topological polar surface area (TPSA) is 46.0 Å². The molecule has 1 fully saturated rings. The Morgan fingerprint density at radius 2 is 1.61 bits per heavy atom. The highest BCUT2D eigenvalue weighted by Gasteiger charge is 2.71. The lowest BCUT2D eigenvalue weighted by atomic mass is 9.74. The van der Waals surface area contributed by atoms with E-state index in [4.69, 9.17) is 39.8 Å². The highest BCUT2D eigenvalue weighted by molar-refractivity contribution is 6.51. The first-order chi connectivity index (χ1) is 11.0. The lowest BCUT2D eigenvalue weighted by molar-refractivity contribution is 0.282. The maximum atomic E-state index is 10.7. The molecule has 0 radical (unpaired) electrons. The first-order valence-corrected chi connectivity index (χ1v) is 8.54.